The summed E-state index contributed by atoms with van der Waals surface area (Å²) in [5.41, 5.74) is -5.92. The zero-order valence-corrected chi connectivity index (χ0v) is 20.3. The lowest BCUT2D eigenvalue weighted by Crippen LogP contribution is -2.43. The minimum absolute atomic E-state index is 0.0120. The van der Waals surface area contributed by atoms with Gasteiger partial charge in [-0.05, 0) is 49.0 Å². The number of fused-ring (bicyclic) bond motifs is 1. The summed E-state index contributed by atoms with van der Waals surface area (Å²) in [6, 6.07) is 4.97. The topological polar surface area (TPSA) is 61.8 Å². The van der Waals surface area contributed by atoms with E-state index in [1.807, 2.05) is 47.7 Å². The normalized spacial score (nSPS) is 16.9. The van der Waals surface area contributed by atoms with Gasteiger partial charge in [0.1, 0.15) is 5.75 Å². The van der Waals surface area contributed by atoms with E-state index in [1.54, 1.807) is 12.1 Å². The average Bonchev–Trinajstić information content (AvgIpc) is 2.60. The maximum Gasteiger partial charge on any atom is 0.534 e. The highest BCUT2D eigenvalue weighted by Gasteiger charge is 2.52. The van der Waals surface area contributed by atoms with E-state index in [-0.39, 0.29) is 22.5 Å². The summed E-state index contributed by atoms with van der Waals surface area (Å²) >= 11 is 0. The number of hydrogen-bond donors (Lipinski definition) is 0. The monoisotopic (exact) mass is 466 g/mol. The van der Waals surface area contributed by atoms with Crippen molar-refractivity contribution in [3.05, 3.63) is 35.1 Å². The Balaban J connectivity index is 2.84. The zero-order valence-electron chi connectivity index (χ0n) is 18.3. The molecule has 0 saturated carbocycles. The second-order valence-corrected chi connectivity index (χ2v) is 12.4. The minimum atomic E-state index is -5.89. The number of benzene rings is 1. The first-order valence-corrected chi connectivity index (χ1v) is 14.0. The summed E-state index contributed by atoms with van der Waals surface area (Å²) in [5.74, 6) is -0.159. The molecule has 0 radical (unpaired) electrons. The Kier molecular flexibility index (Phi) is 6.64. The van der Waals surface area contributed by atoms with Crippen LogP contribution in [-0.4, -0.2) is 28.6 Å². The maximum absolute atomic E-state index is 13.1. The average molecular weight is 467 g/mol. The van der Waals surface area contributed by atoms with Crippen LogP contribution in [0.15, 0.2) is 24.0 Å². The van der Waals surface area contributed by atoms with Crippen molar-refractivity contribution in [3.63, 3.8) is 0 Å². The van der Waals surface area contributed by atoms with Crippen LogP contribution >= 0.6 is 0 Å². The summed E-state index contributed by atoms with van der Waals surface area (Å²) in [4.78, 5) is 0. The zero-order chi connectivity index (χ0) is 23.1. The molecule has 0 bridgehead atoms. The second kappa shape index (κ2) is 8.10. The fourth-order valence-corrected chi connectivity index (χ4v) is 4.47. The van der Waals surface area contributed by atoms with Crippen molar-refractivity contribution < 1.29 is 34.9 Å². The van der Waals surface area contributed by atoms with Crippen LogP contribution < -0.4 is 4.74 Å². The van der Waals surface area contributed by atoms with Gasteiger partial charge in [0.25, 0.3) is 0 Å². The molecule has 0 N–H and O–H groups in total. The first-order valence-electron chi connectivity index (χ1n) is 9.84. The Morgan fingerprint density at radius 1 is 1.10 bits per heavy atom. The molecule has 0 amide bonds. The number of alkyl halides is 3. The molecule has 1 aliphatic rings. The molecule has 1 aromatic carbocycles. The first-order chi connectivity index (χ1) is 13.6. The molecule has 30 heavy (non-hydrogen) atoms. The third kappa shape index (κ3) is 4.64. The Morgan fingerprint density at radius 2 is 1.67 bits per heavy atom. The van der Waals surface area contributed by atoms with Gasteiger partial charge in [-0.25, -0.2) is 0 Å². The summed E-state index contributed by atoms with van der Waals surface area (Å²) in [5, 5.41) is 0. The van der Waals surface area contributed by atoms with E-state index in [4.69, 9.17) is 13.3 Å². The fraction of sp³-hybridized carbons (Fsp3) is 0.600. The van der Waals surface area contributed by atoms with Gasteiger partial charge in [-0.15, -0.1) is 0 Å². The van der Waals surface area contributed by atoms with Crippen LogP contribution in [0.4, 0.5) is 13.2 Å². The van der Waals surface area contributed by atoms with Gasteiger partial charge in [-0.2, -0.15) is 21.6 Å². The molecular formula is C20H29F3O5SSi. The molecule has 0 fully saturated rings. The summed E-state index contributed by atoms with van der Waals surface area (Å²) in [7, 11) is -7.74. The molecule has 1 aromatic rings. The SMILES string of the molecule is CCC1(CC)Oc2cc(C(C)(C)C)ccc2C(OS(=O)(=O)C(F)(F)F)=C1O[SiH](C)C. The second-order valence-electron chi connectivity index (χ2n) is 8.57. The molecular weight excluding hydrogens is 437 g/mol. The highest BCUT2D eigenvalue weighted by molar-refractivity contribution is 7.87. The van der Waals surface area contributed by atoms with Crippen molar-refractivity contribution >= 4 is 24.9 Å². The molecule has 2 rings (SSSR count). The van der Waals surface area contributed by atoms with Crippen LogP contribution in [0, 0.1) is 0 Å². The van der Waals surface area contributed by atoms with Crippen LogP contribution in [0.3, 0.4) is 0 Å². The third-order valence-corrected chi connectivity index (χ3v) is 6.65. The van der Waals surface area contributed by atoms with E-state index >= 15 is 0 Å². The standard InChI is InChI=1S/C20H29F3O5SSi/c1-8-19(9-2)17(28-30(6)7)16(27-29(24,25)20(21,22)23)14-11-10-13(18(3,4)5)12-15(14)26-19/h10-12,30H,8-9H2,1-7H3. The molecule has 1 heterocycles. The lowest BCUT2D eigenvalue weighted by atomic mass is 9.84. The van der Waals surface area contributed by atoms with Gasteiger partial charge >= 0.3 is 15.6 Å². The van der Waals surface area contributed by atoms with E-state index in [2.05, 4.69) is 0 Å². The van der Waals surface area contributed by atoms with Crippen LogP contribution in [0.2, 0.25) is 13.1 Å². The molecule has 0 aliphatic carbocycles. The Morgan fingerprint density at radius 3 is 2.10 bits per heavy atom. The minimum Gasteiger partial charge on any atom is -0.545 e. The molecule has 0 saturated heterocycles. The maximum atomic E-state index is 13.1. The molecule has 170 valence electrons. The van der Waals surface area contributed by atoms with E-state index in [1.165, 1.54) is 6.07 Å². The Bertz CT molecular complexity index is 927. The quantitative estimate of drug-likeness (QED) is 0.316. The van der Waals surface area contributed by atoms with Crippen molar-refractivity contribution in [1.82, 2.24) is 0 Å². The van der Waals surface area contributed by atoms with E-state index in [0.717, 1.165) is 5.56 Å². The predicted molar refractivity (Wildman–Crippen MR) is 112 cm³/mol. The molecule has 0 atom stereocenters. The van der Waals surface area contributed by atoms with Crippen molar-refractivity contribution in [2.45, 2.75) is 77.1 Å². The number of rotatable bonds is 6. The highest BCUT2D eigenvalue weighted by Crippen LogP contribution is 2.47. The van der Waals surface area contributed by atoms with Crippen LogP contribution in [0.25, 0.3) is 5.76 Å². The lowest BCUT2D eigenvalue weighted by Gasteiger charge is -2.41. The molecule has 0 unspecified atom stereocenters. The van der Waals surface area contributed by atoms with Gasteiger partial charge in [-0.1, -0.05) is 40.7 Å². The van der Waals surface area contributed by atoms with Gasteiger partial charge in [0.05, 0.1) is 5.56 Å². The van der Waals surface area contributed by atoms with E-state index < -0.39 is 36.0 Å². The predicted octanol–water partition coefficient (Wildman–Crippen LogP) is 5.47. The highest BCUT2D eigenvalue weighted by atomic mass is 32.2. The van der Waals surface area contributed by atoms with Crippen LogP contribution in [0.5, 0.6) is 5.75 Å². The van der Waals surface area contributed by atoms with Crippen molar-refractivity contribution in [1.29, 1.82) is 0 Å². The van der Waals surface area contributed by atoms with Gasteiger partial charge < -0.3 is 13.3 Å². The summed E-state index contributed by atoms with van der Waals surface area (Å²) in [6.45, 7) is 13.3. The van der Waals surface area contributed by atoms with Gasteiger partial charge in [-0.3, -0.25) is 0 Å². The molecule has 1 aliphatic heterocycles. The van der Waals surface area contributed by atoms with Crippen molar-refractivity contribution in [2.24, 2.45) is 0 Å². The lowest BCUT2D eigenvalue weighted by molar-refractivity contribution is -0.0513. The van der Waals surface area contributed by atoms with Crippen molar-refractivity contribution in [3.8, 4) is 5.75 Å². The summed E-state index contributed by atoms with van der Waals surface area (Å²) < 4.78 is 80.2. The van der Waals surface area contributed by atoms with Crippen LogP contribution in [-0.2, 0) is 24.1 Å². The third-order valence-electron chi connectivity index (χ3n) is 4.99. The largest absolute Gasteiger partial charge is 0.545 e. The molecule has 5 nitrogen and oxygen atoms in total. The first kappa shape index (κ1) is 24.6. The van der Waals surface area contributed by atoms with E-state index in [0.29, 0.717) is 12.8 Å². The Hall–Kier alpha value is -1.68. The van der Waals surface area contributed by atoms with Gasteiger partial charge in [0.2, 0.25) is 9.04 Å². The smallest absolute Gasteiger partial charge is 0.534 e. The van der Waals surface area contributed by atoms with Crippen LogP contribution in [0.1, 0.15) is 58.6 Å². The van der Waals surface area contributed by atoms with Gasteiger partial charge in [0, 0.05) is 0 Å². The van der Waals surface area contributed by atoms with E-state index in [9.17, 15) is 21.6 Å². The molecule has 10 heteroatoms. The summed E-state index contributed by atoms with van der Waals surface area (Å²) in [6.07, 6.45) is 0.718. The fourth-order valence-electron chi connectivity index (χ4n) is 3.20. The number of hydrogen-bond acceptors (Lipinski definition) is 5. The van der Waals surface area contributed by atoms with Gasteiger partial charge in [0.15, 0.2) is 17.1 Å². The Labute approximate surface area is 178 Å². The van der Waals surface area contributed by atoms with Crippen molar-refractivity contribution in [2.75, 3.05) is 0 Å². The molecule has 0 spiro atoms. The molecule has 0 aromatic heterocycles. The number of ether oxygens (including phenoxy) is 1. The number of halogens is 3.